The number of nitrogens with zero attached hydrogens (tertiary/aromatic N) is 1. The van der Waals surface area contributed by atoms with Gasteiger partial charge >= 0.3 is 0 Å². The first-order valence-electron chi connectivity index (χ1n) is 7.62. The minimum Gasteiger partial charge on any atom is -0.314 e. The molecule has 1 aromatic rings. The van der Waals surface area contributed by atoms with Crippen LogP contribution in [0.4, 0.5) is 0 Å². The highest BCUT2D eigenvalue weighted by Crippen LogP contribution is 2.29. The Morgan fingerprint density at radius 3 is 2.84 bits per heavy atom. The van der Waals surface area contributed by atoms with E-state index < -0.39 is 0 Å². The van der Waals surface area contributed by atoms with Crippen LogP contribution in [0.5, 0.6) is 0 Å². The molecule has 1 aliphatic carbocycles. The number of hydrogen-bond donors (Lipinski definition) is 1. The fraction of sp³-hybridized carbons (Fsp3) is 0.688. The highest BCUT2D eigenvalue weighted by atomic mass is 79.9. The van der Waals surface area contributed by atoms with Gasteiger partial charge in [-0.15, -0.1) is 0 Å². The van der Waals surface area contributed by atoms with Crippen LogP contribution < -0.4 is 5.32 Å². The fourth-order valence-electron chi connectivity index (χ4n) is 3.11. The molecule has 1 aliphatic rings. The number of aryl methyl sites for hydroxylation is 1. The second-order valence-corrected chi connectivity index (χ2v) is 6.57. The second-order valence-electron chi connectivity index (χ2n) is 5.66. The first kappa shape index (κ1) is 15.0. The van der Waals surface area contributed by atoms with E-state index in [1.807, 2.05) is 12.4 Å². The van der Waals surface area contributed by atoms with Crippen LogP contribution >= 0.6 is 15.9 Å². The molecule has 0 radical (unpaired) electrons. The monoisotopic (exact) mass is 324 g/mol. The van der Waals surface area contributed by atoms with Crippen molar-refractivity contribution < 1.29 is 0 Å². The third-order valence-electron chi connectivity index (χ3n) is 4.13. The van der Waals surface area contributed by atoms with Crippen molar-refractivity contribution in [1.29, 1.82) is 0 Å². The van der Waals surface area contributed by atoms with Gasteiger partial charge in [-0.1, -0.05) is 19.8 Å². The summed E-state index contributed by atoms with van der Waals surface area (Å²) in [5.74, 6) is 0.895. The van der Waals surface area contributed by atoms with Gasteiger partial charge in [0.05, 0.1) is 0 Å². The first-order valence-corrected chi connectivity index (χ1v) is 8.41. The van der Waals surface area contributed by atoms with Crippen LogP contribution in [0, 0.1) is 5.92 Å². The largest absolute Gasteiger partial charge is 0.314 e. The van der Waals surface area contributed by atoms with Crippen LogP contribution in [0.1, 0.15) is 51.0 Å². The van der Waals surface area contributed by atoms with Crippen LogP contribution in [-0.4, -0.2) is 17.6 Å². The van der Waals surface area contributed by atoms with Crippen molar-refractivity contribution >= 4 is 15.9 Å². The van der Waals surface area contributed by atoms with Gasteiger partial charge in [0.15, 0.2) is 0 Å². The van der Waals surface area contributed by atoms with Gasteiger partial charge in [0.2, 0.25) is 0 Å². The Hall–Kier alpha value is -0.410. The Morgan fingerprint density at radius 1 is 1.37 bits per heavy atom. The van der Waals surface area contributed by atoms with Gasteiger partial charge < -0.3 is 5.32 Å². The molecular formula is C16H25BrN2. The van der Waals surface area contributed by atoms with E-state index in [0.717, 1.165) is 23.4 Å². The van der Waals surface area contributed by atoms with Crippen molar-refractivity contribution in [2.75, 3.05) is 6.54 Å². The fourth-order valence-corrected chi connectivity index (χ4v) is 3.52. The lowest BCUT2D eigenvalue weighted by Crippen LogP contribution is -2.36. The number of rotatable bonds is 7. The maximum atomic E-state index is 4.25. The SMILES string of the molecule is CCCNC(CCc1cncc(Br)c1)C1CCCC1. The Morgan fingerprint density at radius 2 is 2.16 bits per heavy atom. The van der Waals surface area contributed by atoms with E-state index in [-0.39, 0.29) is 0 Å². The maximum absolute atomic E-state index is 4.25. The number of hydrogen-bond acceptors (Lipinski definition) is 2. The third kappa shape index (κ3) is 4.88. The lowest BCUT2D eigenvalue weighted by molar-refractivity contribution is 0.341. The molecule has 19 heavy (non-hydrogen) atoms. The molecule has 1 aromatic heterocycles. The summed E-state index contributed by atoms with van der Waals surface area (Å²) in [5, 5.41) is 3.76. The van der Waals surface area contributed by atoms with Crippen molar-refractivity contribution in [3.05, 3.63) is 28.5 Å². The van der Waals surface area contributed by atoms with E-state index in [2.05, 4.69) is 39.2 Å². The highest BCUT2D eigenvalue weighted by molar-refractivity contribution is 9.10. The smallest absolute Gasteiger partial charge is 0.0410 e. The summed E-state index contributed by atoms with van der Waals surface area (Å²) in [7, 11) is 0. The quantitative estimate of drug-likeness (QED) is 0.807. The van der Waals surface area contributed by atoms with Crippen molar-refractivity contribution in [3.8, 4) is 0 Å². The Bertz CT molecular complexity index is 375. The summed E-state index contributed by atoms with van der Waals surface area (Å²) in [6.45, 7) is 3.40. The summed E-state index contributed by atoms with van der Waals surface area (Å²) in [6.07, 6.45) is 13.1. The predicted octanol–water partition coefficient (Wildman–Crippen LogP) is 4.34. The molecule has 2 nitrogen and oxygen atoms in total. The van der Waals surface area contributed by atoms with Gasteiger partial charge in [-0.25, -0.2) is 0 Å². The minimum absolute atomic E-state index is 0.696. The molecule has 0 aliphatic heterocycles. The molecule has 3 heteroatoms. The normalized spacial score (nSPS) is 17.8. The Balaban J connectivity index is 1.88. The Labute approximate surface area is 125 Å². The summed E-state index contributed by atoms with van der Waals surface area (Å²) in [4.78, 5) is 4.25. The number of halogens is 1. The summed E-state index contributed by atoms with van der Waals surface area (Å²) < 4.78 is 1.09. The lowest BCUT2D eigenvalue weighted by atomic mass is 9.92. The molecule has 2 rings (SSSR count). The molecule has 1 N–H and O–H groups in total. The molecule has 0 bridgehead atoms. The molecule has 1 saturated carbocycles. The second kappa shape index (κ2) is 8.01. The number of nitrogens with one attached hydrogen (secondary N) is 1. The summed E-state index contributed by atoms with van der Waals surface area (Å²) >= 11 is 3.50. The molecular weight excluding hydrogens is 300 g/mol. The van der Waals surface area contributed by atoms with Crippen molar-refractivity contribution in [3.63, 3.8) is 0 Å². The van der Waals surface area contributed by atoms with E-state index in [9.17, 15) is 0 Å². The zero-order chi connectivity index (χ0) is 13.5. The first-order chi connectivity index (χ1) is 9.29. The molecule has 1 atom stereocenters. The van der Waals surface area contributed by atoms with Crippen LogP contribution in [-0.2, 0) is 6.42 Å². The minimum atomic E-state index is 0.696. The van der Waals surface area contributed by atoms with E-state index in [4.69, 9.17) is 0 Å². The van der Waals surface area contributed by atoms with E-state index in [1.165, 1.54) is 44.1 Å². The molecule has 0 amide bonds. The average Bonchev–Trinajstić information content (AvgIpc) is 2.93. The van der Waals surface area contributed by atoms with Gasteiger partial charge in [-0.05, 0) is 72.1 Å². The molecule has 106 valence electrons. The predicted molar refractivity (Wildman–Crippen MR) is 84.3 cm³/mol. The van der Waals surface area contributed by atoms with E-state index >= 15 is 0 Å². The number of pyridine rings is 1. The van der Waals surface area contributed by atoms with Gasteiger partial charge in [-0.2, -0.15) is 0 Å². The van der Waals surface area contributed by atoms with Crippen LogP contribution in [0.3, 0.4) is 0 Å². The van der Waals surface area contributed by atoms with E-state index in [1.54, 1.807) is 0 Å². The number of aromatic nitrogens is 1. The zero-order valence-electron chi connectivity index (χ0n) is 11.9. The lowest BCUT2D eigenvalue weighted by Gasteiger charge is -2.24. The van der Waals surface area contributed by atoms with Crippen LogP contribution in [0.25, 0.3) is 0 Å². The van der Waals surface area contributed by atoms with Gasteiger partial charge in [0, 0.05) is 22.9 Å². The molecule has 0 spiro atoms. The zero-order valence-corrected chi connectivity index (χ0v) is 13.5. The molecule has 0 aromatic carbocycles. The van der Waals surface area contributed by atoms with Crippen molar-refractivity contribution in [2.45, 2.75) is 57.9 Å². The standard InChI is InChI=1S/C16H25BrN2/c1-2-9-19-16(14-5-3-4-6-14)8-7-13-10-15(17)12-18-11-13/h10-12,14,16,19H,2-9H2,1H3. The summed E-state index contributed by atoms with van der Waals surface area (Å²) in [5.41, 5.74) is 1.34. The van der Waals surface area contributed by atoms with Crippen molar-refractivity contribution in [2.24, 2.45) is 5.92 Å². The van der Waals surface area contributed by atoms with Gasteiger partial charge in [-0.3, -0.25) is 4.98 Å². The van der Waals surface area contributed by atoms with Crippen LogP contribution in [0.15, 0.2) is 22.9 Å². The van der Waals surface area contributed by atoms with Crippen molar-refractivity contribution in [1.82, 2.24) is 10.3 Å². The van der Waals surface area contributed by atoms with Crippen LogP contribution in [0.2, 0.25) is 0 Å². The topological polar surface area (TPSA) is 24.9 Å². The molecule has 1 fully saturated rings. The van der Waals surface area contributed by atoms with Gasteiger partial charge in [0.25, 0.3) is 0 Å². The molecule has 1 heterocycles. The van der Waals surface area contributed by atoms with Gasteiger partial charge in [0.1, 0.15) is 0 Å². The summed E-state index contributed by atoms with van der Waals surface area (Å²) in [6, 6.07) is 2.89. The maximum Gasteiger partial charge on any atom is 0.0410 e. The third-order valence-corrected chi connectivity index (χ3v) is 4.56. The average molecular weight is 325 g/mol. The molecule has 0 saturated heterocycles. The van der Waals surface area contributed by atoms with E-state index in [0.29, 0.717) is 6.04 Å². The highest BCUT2D eigenvalue weighted by Gasteiger charge is 2.24. The molecule has 1 unspecified atom stereocenters. The Kier molecular flexibility index (Phi) is 6.32.